The van der Waals surface area contributed by atoms with E-state index in [4.69, 9.17) is 5.11 Å². The average molecular weight is 271 g/mol. The highest BCUT2D eigenvalue weighted by atomic mass is 19.3. The lowest BCUT2D eigenvalue weighted by Gasteiger charge is -2.34. The van der Waals surface area contributed by atoms with E-state index in [1.807, 2.05) is 0 Å². The summed E-state index contributed by atoms with van der Waals surface area (Å²) in [6.45, 7) is -0.310. The van der Waals surface area contributed by atoms with Crippen LogP contribution in [0.15, 0.2) is 0 Å². The van der Waals surface area contributed by atoms with Gasteiger partial charge in [0.25, 0.3) is 0 Å². The summed E-state index contributed by atoms with van der Waals surface area (Å²) in [5, 5.41) is 8.54. The van der Waals surface area contributed by atoms with Crippen LogP contribution >= 0.6 is 0 Å². The van der Waals surface area contributed by atoms with E-state index in [2.05, 4.69) is 0 Å². The maximum absolute atomic E-state index is 12.9. The first-order chi connectivity index (χ1) is 8.31. The summed E-state index contributed by atoms with van der Waals surface area (Å²) < 4.78 is 49.9. The number of carboxylic acid groups (broad SMARTS) is 1. The van der Waals surface area contributed by atoms with Crippen molar-refractivity contribution in [2.75, 3.05) is 19.6 Å². The van der Waals surface area contributed by atoms with Gasteiger partial charge in [0.1, 0.15) is 0 Å². The van der Waals surface area contributed by atoms with Crippen LogP contribution in [0.25, 0.3) is 0 Å². The van der Waals surface area contributed by atoms with E-state index in [9.17, 15) is 22.4 Å². The van der Waals surface area contributed by atoms with E-state index in [0.717, 1.165) is 6.42 Å². The second kappa shape index (κ2) is 6.36. The Morgan fingerprint density at radius 2 is 2.11 bits per heavy atom. The third kappa shape index (κ3) is 4.80. The maximum atomic E-state index is 12.9. The van der Waals surface area contributed by atoms with Crippen molar-refractivity contribution in [3.8, 4) is 0 Å². The zero-order chi connectivity index (χ0) is 13.8. The second-order valence-corrected chi connectivity index (χ2v) is 4.74. The number of rotatable bonds is 6. The number of carboxylic acids is 1. The molecule has 1 heterocycles. The molecule has 0 bridgehead atoms. The molecule has 0 amide bonds. The van der Waals surface area contributed by atoms with Gasteiger partial charge in [-0.05, 0) is 31.7 Å². The minimum atomic E-state index is -3.99. The van der Waals surface area contributed by atoms with Gasteiger partial charge in [-0.15, -0.1) is 0 Å². The smallest absolute Gasteiger partial charge is 0.319 e. The van der Waals surface area contributed by atoms with Gasteiger partial charge in [-0.2, -0.15) is 8.78 Å². The Morgan fingerprint density at radius 3 is 2.67 bits per heavy atom. The number of piperidine rings is 1. The monoisotopic (exact) mass is 271 g/mol. The molecule has 1 atom stereocenters. The van der Waals surface area contributed by atoms with E-state index in [1.165, 1.54) is 4.90 Å². The first-order valence-corrected chi connectivity index (χ1v) is 5.91. The predicted molar refractivity (Wildman–Crippen MR) is 57.0 cm³/mol. The topological polar surface area (TPSA) is 40.5 Å². The number of likely N-dealkylation sites (tertiary alicyclic amines) is 1. The standard InChI is InChI=1S/C11H17F4NO2/c12-10(13)11(14,15)7-16-5-1-2-8(6-16)3-4-9(17)18/h8,10H,1-7H2,(H,17,18). The summed E-state index contributed by atoms with van der Waals surface area (Å²) in [6.07, 6.45) is -1.85. The summed E-state index contributed by atoms with van der Waals surface area (Å²) in [6, 6.07) is 0. The van der Waals surface area contributed by atoms with Crippen LogP contribution in [0, 0.1) is 5.92 Å². The molecule has 0 aromatic heterocycles. The minimum absolute atomic E-state index is 0.00308. The maximum Gasteiger partial charge on any atom is 0.319 e. The Morgan fingerprint density at radius 1 is 1.44 bits per heavy atom. The zero-order valence-electron chi connectivity index (χ0n) is 9.92. The van der Waals surface area contributed by atoms with Crippen LogP contribution in [0.5, 0.6) is 0 Å². The Kier molecular flexibility index (Phi) is 5.37. The van der Waals surface area contributed by atoms with Gasteiger partial charge < -0.3 is 5.11 Å². The lowest BCUT2D eigenvalue weighted by Crippen LogP contribution is -2.45. The number of carbonyl (C=O) groups is 1. The summed E-state index contributed by atoms with van der Waals surface area (Å²) in [5.74, 6) is -4.91. The van der Waals surface area contributed by atoms with Gasteiger partial charge in [0, 0.05) is 13.0 Å². The molecular formula is C11H17F4NO2. The van der Waals surface area contributed by atoms with Gasteiger partial charge in [0.15, 0.2) is 0 Å². The van der Waals surface area contributed by atoms with Gasteiger partial charge in [-0.1, -0.05) is 0 Å². The average Bonchev–Trinajstić information content (AvgIpc) is 2.26. The van der Waals surface area contributed by atoms with Gasteiger partial charge in [0.05, 0.1) is 6.54 Å². The Bertz CT molecular complexity index is 286. The van der Waals surface area contributed by atoms with E-state index in [0.29, 0.717) is 19.4 Å². The predicted octanol–water partition coefficient (Wildman–Crippen LogP) is 2.46. The molecule has 0 saturated carbocycles. The lowest BCUT2D eigenvalue weighted by atomic mass is 9.93. The molecule has 1 N–H and O–H groups in total. The highest BCUT2D eigenvalue weighted by Gasteiger charge is 2.42. The van der Waals surface area contributed by atoms with Crippen molar-refractivity contribution < 1.29 is 27.5 Å². The van der Waals surface area contributed by atoms with Gasteiger partial charge in [-0.3, -0.25) is 9.69 Å². The van der Waals surface area contributed by atoms with Crippen molar-refractivity contribution in [1.82, 2.24) is 4.90 Å². The van der Waals surface area contributed by atoms with E-state index in [-0.39, 0.29) is 18.9 Å². The van der Waals surface area contributed by atoms with E-state index >= 15 is 0 Å². The molecule has 1 aliphatic heterocycles. The zero-order valence-corrected chi connectivity index (χ0v) is 9.92. The molecular weight excluding hydrogens is 254 g/mol. The molecule has 3 nitrogen and oxygen atoms in total. The Labute approximate surface area is 103 Å². The summed E-state index contributed by atoms with van der Waals surface area (Å²) in [7, 11) is 0. The molecule has 0 aliphatic carbocycles. The fraction of sp³-hybridized carbons (Fsp3) is 0.909. The Balaban J connectivity index is 2.41. The number of hydrogen-bond acceptors (Lipinski definition) is 2. The highest BCUT2D eigenvalue weighted by molar-refractivity contribution is 5.66. The number of aliphatic carboxylic acids is 1. The first kappa shape index (κ1) is 15.2. The van der Waals surface area contributed by atoms with Crippen LogP contribution in [0.1, 0.15) is 25.7 Å². The second-order valence-electron chi connectivity index (χ2n) is 4.74. The molecule has 1 aliphatic rings. The molecule has 106 valence electrons. The molecule has 0 aromatic carbocycles. The normalized spacial score (nSPS) is 22.4. The minimum Gasteiger partial charge on any atom is -0.481 e. The van der Waals surface area contributed by atoms with Crippen molar-refractivity contribution in [2.45, 2.75) is 38.0 Å². The quantitative estimate of drug-likeness (QED) is 0.754. The fourth-order valence-electron chi connectivity index (χ4n) is 2.23. The largest absolute Gasteiger partial charge is 0.481 e. The molecule has 7 heteroatoms. The van der Waals surface area contributed by atoms with Gasteiger partial charge in [-0.25, -0.2) is 8.78 Å². The number of hydrogen-bond donors (Lipinski definition) is 1. The van der Waals surface area contributed by atoms with Crippen molar-refractivity contribution in [2.24, 2.45) is 5.92 Å². The summed E-state index contributed by atoms with van der Waals surface area (Å²) in [5.41, 5.74) is 0. The highest BCUT2D eigenvalue weighted by Crippen LogP contribution is 2.27. The van der Waals surface area contributed by atoms with Gasteiger partial charge in [0.2, 0.25) is 0 Å². The molecule has 1 rings (SSSR count). The molecule has 1 saturated heterocycles. The Hall–Kier alpha value is -0.850. The lowest BCUT2D eigenvalue weighted by molar-refractivity contribution is -0.145. The van der Waals surface area contributed by atoms with E-state index in [1.54, 1.807) is 0 Å². The number of halogens is 4. The SMILES string of the molecule is O=C(O)CCC1CCCN(CC(F)(F)C(F)F)C1. The molecule has 1 unspecified atom stereocenters. The first-order valence-electron chi connectivity index (χ1n) is 5.91. The molecule has 0 aromatic rings. The third-order valence-electron chi connectivity index (χ3n) is 3.12. The van der Waals surface area contributed by atoms with Gasteiger partial charge >= 0.3 is 18.3 Å². The fourth-order valence-corrected chi connectivity index (χ4v) is 2.23. The van der Waals surface area contributed by atoms with Crippen LogP contribution in [0.4, 0.5) is 17.6 Å². The van der Waals surface area contributed by atoms with Crippen LogP contribution in [0.3, 0.4) is 0 Å². The van der Waals surface area contributed by atoms with Crippen LogP contribution in [-0.4, -0.2) is 48.0 Å². The van der Waals surface area contributed by atoms with Crippen molar-refractivity contribution in [3.63, 3.8) is 0 Å². The van der Waals surface area contributed by atoms with Crippen LogP contribution in [0.2, 0.25) is 0 Å². The van der Waals surface area contributed by atoms with Crippen molar-refractivity contribution >= 4 is 5.97 Å². The molecule has 18 heavy (non-hydrogen) atoms. The number of alkyl halides is 4. The summed E-state index contributed by atoms with van der Waals surface area (Å²) >= 11 is 0. The molecule has 1 fully saturated rings. The van der Waals surface area contributed by atoms with Crippen molar-refractivity contribution in [3.05, 3.63) is 0 Å². The molecule has 0 spiro atoms. The van der Waals surface area contributed by atoms with Crippen LogP contribution in [-0.2, 0) is 4.79 Å². The van der Waals surface area contributed by atoms with E-state index < -0.39 is 24.9 Å². The molecule has 0 radical (unpaired) electrons. The number of nitrogens with zero attached hydrogens (tertiary/aromatic N) is 1. The summed E-state index contributed by atoms with van der Waals surface area (Å²) in [4.78, 5) is 11.7. The third-order valence-corrected chi connectivity index (χ3v) is 3.12. The van der Waals surface area contributed by atoms with Crippen molar-refractivity contribution in [1.29, 1.82) is 0 Å². The van der Waals surface area contributed by atoms with Crippen LogP contribution < -0.4 is 0 Å².